The first-order valence-electron chi connectivity index (χ1n) is 15.4. The molecule has 10 heteroatoms. The molecule has 2 aliphatic rings. The van der Waals surface area contributed by atoms with Gasteiger partial charge < -0.3 is 9.97 Å². The van der Waals surface area contributed by atoms with E-state index >= 15 is 0 Å². The molecule has 0 amide bonds. The molecule has 2 aliphatic heterocycles. The van der Waals surface area contributed by atoms with Crippen molar-refractivity contribution in [2.75, 3.05) is 6.54 Å². The Kier molecular flexibility index (Phi) is 14.0. The average molecular weight is 593 g/mol. The minimum atomic E-state index is 0.915. The van der Waals surface area contributed by atoms with E-state index in [0.29, 0.717) is 0 Å². The van der Waals surface area contributed by atoms with E-state index in [2.05, 4.69) is 83.7 Å². The maximum absolute atomic E-state index is 5.01. The summed E-state index contributed by atoms with van der Waals surface area (Å²) in [5.74, 6) is 5.01. The number of rotatable bonds is 11. The van der Waals surface area contributed by atoms with Gasteiger partial charge in [-0.3, -0.25) is 15.8 Å². The number of hydrogen-bond acceptors (Lipinski definition) is 8. The summed E-state index contributed by atoms with van der Waals surface area (Å²) >= 11 is 0. The fraction of sp³-hybridized carbons (Fsp3) is 0.294. The van der Waals surface area contributed by atoms with Crippen LogP contribution in [0.3, 0.4) is 0 Å². The minimum Gasteiger partial charge on any atom is -0.355 e. The molecule has 0 aliphatic carbocycles. The number of nitrogens with one attached hydrogen (secondary N) is 5. The Morgan fingerprint density at radius 3 is 1.45 bits per heavy atom. The van der Waals surface area contributed by atoms with Crippen molar-refractivity contribution >= 4 is 46.4 Å². The molecule has 6 rings (SSSR count). The van der Waals surface area contributed by atoms with Crippen molar-refractivity contribution in [1.29, 1.82) is 0 Å². The minimum absolute atomic E-state index is 0.915. The molecule has 0 unspecified atom stereocenters. The molecule has 0 atom stereocenters. The van der Waals surface area contributed by atoms with Crippen LogP contribution >= 0.6 is 0 Å². The van der Waals surface area contributed by atoms with Crippen molar-refractivity contribution in [3.05, 3.63) is 96.1 Å². The summed E-state index contributed by atoms with van der Waals surface area (Å²) in [6, 6.07) is 16.4. The maximum Gasteiger partial charge on any atom is 0.0659 e. The van der Waals surface area contributed by atoms with Crippen LogP contribution in [0.1, 0.15) is 81.1 Å². The second kappa shape index (κ2) is 18.9. The molecule has 44 heavy (non-hydrogen) atoms. The van der Waals surface area contributed by atoms with Crippen molar-refractivity contribution in [2.24, 2.45) is 5.84 Å². The predicted octanol–water partition coefficient (Wildman–Crippen LogP) is 6.73. The average Bonchev–Trinajstić information content (AvgIpc) is 3.87. The smallest absolute Gasteiger partial charge is 0.0659 e. The Hall–Kier alpha value is -4.48. The second-order valence-electron chi connectivity index (χ2n) is 10.5. The largest absolute Gasteiger partial charge is 0.355 e. The summed E-state index contributed by atoms with van der Waals surface area (Å²) in [6.07, 6.45) is 25.4. The van der Waals surface area contributed by atoms with Crippen LogP contribution in [0.15, 0.2) is 73.3 Å². The number of aromatic nitrogens is 6. The number of hydrazine groups is 3. The molecule has 8 bridgehead atoms. The highest BCUT2D eigenvalue weighted by Crippen LogP contribution is 2.17. The van der Waals surface area contributed by atoms with Gasteiger partial charge in [0, 0.05) is 53.4 Å². The van der Waals surface area contributed by atoms with Gasteiger partial charge in [0.15, 0.2) is 0 Å². The summed E-state index contributed by atoms with van der Waals surface area (Å²) in [7, 11) is 0. The van der Waals surface area contributed by atoms with Gasteiger partial charge in [-0.25, -0.2) is 15.4 Å². The lowest BCUT2D eigenvalue weighted by atomic mass is 10.1. The zero-order valence-corrected chi connectivity index (χ0v) is 25.5. The SMILES string of the molecule is C1=Cc2cc3ccc(cc4ccc(cc5nc(cc1n2)C=C5)[nH]4)[nH]3.CCCCCCCCCCNNNN.c1cnccn1. The van der Waals surface area contributed by atoms with Crippen LogP contribution in [0.2, 0.25) is 0 Å². The van der Waals surface area contributed by atoms with Gasteiger partial charge in [0.2, 0.25) is 0 Å². The molecule has 10 nitrogen and oxygen atoms in total. The fourth-order valence-electron chi connectivity index (χ4n) is 4.66. The molecule has 0 saturated heterocycles. The Morgan fingerprint density at radius 2 is 1.00 bits per heavy atom. The van der Waals surface area contributed by atoms with Crippen molar-refractivity contribution in [3.8, 4) is 0 Å². The number of nitrogens with zero attached hydrogens (tertiary/aromatic N) is 4. The Bertz CT molecular complexity index is 1480. The van der Waals surface area contributed by atoms with Crippen LogP contribution < -0.4 is 22.3 Å². The van der Waals surface area contributed by atoms with Crippen molar-refractivity contribution in [2.45, 2.75) is 58.3 Å². The first-order valence-corrected chi connectivity index (χ1v) is 15.4. The van der Waals surface area contributed by atoms with Gasteiger partial charge in [0.1, 0.15) is 0 Å². The molecule has 230 valence electrons. The maximum atomic E-state index is 5.01. The number of nitrogens with two attached hydrogens (primary N) is 1. The summed E-state index contributed by atoms with van der Waals surface area (Å²) < 4.78 is 0. The van der Waals surface area contributed by atoms with Gasteiger partial charge in [-0.05, 0) is 79.3 Å². The molecule has 0 fully saturated rings. The topological polar surface area (TPSA) is 145 Å². The molecule has 0 radical (unpaired) electrons. The Balaban J connectivity index is 0.000000187. The van der Waals surface area contributed by atoms with Crippen LogP contribution in [0.5, 0.6) is 0 Å². The number of H-pyrrole nitrogens is 2. The summed E-state index contributed by atoms with van der Waals surface area (Å²) in [5.41, 5.74) is 15.8. The van der Waals surface area contributed by atoms with Crippen LogP contribution in [0, 0.1) is 0 Å². The van der Waals surface area contributed by atoms with Crippen molar-refractivity contribution < 1.29 is 0 Å². The molecule has 0 aromatic carbocycles. The third kappa shape index (κ3) is 12.0. The normalized spacial score (nSPS) is 11.4. The van der Waals surface area contributed by atoms with Gasteiger partial charge >= 0.3 is 0 Å². The van der Waals surface area contributed by atoms with E-state index in [4.69, 9.17) is 5.84 Å². The summed E-state index contributed by atoms with van der Waals surface area (Å²) in [4.78, 5) is 23.5. The monoisotopic (exact) mass is 592 g/mol. The van der Waals surface area contributed by atoms with E-state index in [1.165, 1.54) is 51.4 Å². The van der Waals surface area contributed by atoms with E-state index in [1.807, 2.05) is 42.5 Å². The third-order valence-corrected chi connectivity index (χ3v) is 6.84. The fourth-order valence-corrected chi connectivity index (χ4v) is 4.66. The quantitative estimate of drug-likeness (QED) is 0.0552. The standard InChI is InChI=1S/C20H14N4.C10H26N4.C4H4N2/c1-2-14-10-16-5-6-18(23-16)12-20-8-7-19(24-20)11-17-4-3-15(22-17)9-13(1)21-14;1-2-3-4-5-6-7-8-9-10-12-14-13-11;1-2-6-4-3-5-1/h1-12,21-22H;12-14H,2-11H2,1H3;1-4H. The summed E-state index contributed by atoms with van der Waals surface area (Å²) in [6.45, 7) is 3.23. The van der Waals surface area contributed by atoms with E-state index in [-0.39, 0.29) is 0 Å². The van der Waals surface area contributed by atoms with Crippen molar-refractivity contribution in [3.63, 3.8) is 0 Å². The van der Waals surface area contributed by atoms with Gasteiger partial charge in [0.25, 0.3) is 0 Å². The lowest BCUT2D eigenvalue weighted by Gasteiger charge is -2.04. The zero-order chi connectivity index (χ0) is 30.7. The number of hydrogen-bond donors (Lipinski definition) is 6. The van der Waals surface area contributed by atoms with Crippen LogP contribution in [0.4, 0.5) is 0 Å². The zero-order valence-electron chi connectivity index (χ0n) is 25.5. The number of unbranched alkanes of at least 4 members (excludes halogenated alkanes) is 7. The van der Waals surface area contributed by atoms with E-state index < -0.39 is 0 Å². The van der Waals surface area contributed by atoms with Crippen LogP contribution in [0.25, 0.3) is 46.4 Å². The van der Waals surface area contributed by atoms with E-state index in [9.17, 15) is 0 Å². The second-order valence-corrected chi connectivity index (χ2v) is 10.5. The number of aromatic amines is 2. The van der Waals surface area contributed by atoms with Crippen molar-refractivity contribution in [1.82, 2.24) is 46.4 Å². The molecule has 4 aromatic rings. The highest BCUT2D eigenvalue weighted by Gasteiger charge is 2.02. The lowest BCUT2D eigenvalue weighted by molar-refractivity contribution is 0.431. The summed E-state index contributed by atoms with van der Waals surface area (Å²) in [5, 5.41) is 0. The molecule has 0 saturated carbocycles. The Labute approximate surface area is 259 Å². The number of fused-ring (bicyclic) bond motifs is 8. The van der Waals surface area contributed by atoms with E-state index in [0.717, 1.165) is 51.4 Å². The van der Waals surface area contributed by atoms with Gasteiger partial charge in [-0.1, -0.05) is 51.9 Å². The highest BCUT2D eigenvalue weighted by molar-refractivity contribution is 5.77. The predicted molar refractivity (Wildman–Crippen MR) is 182 cm³/mol. The molecule has 6 heterocycles. The van der Waals surface area contributed by atoms with Crippen LogP contribution in [-0.4, -0.2) is 36.4 Å². The van der Waals surface area contributed by atoms with Crippen LogP contribution in [-0.2, 0) is 0 Å². The van der Waals surface area contributed by atoms with E-state index in [1.54, 1.807) is 24.8 Å². The molecule has 4 aromatic heterocycles. The molecular formula is C34H44N10. The molecule has 7 N–H and O–H groups in total. The third-order valence-electron chi connectivity index (χ3n) is 6.84. The first-order chi connectivity index (χ1) is 21.7. The van der Waals surface area contributed by atoms with Gasteiger partial charge in [-0.15, -0.1) is 0 Å². The lowest BCUT2D eigenvalue weighted by Crippen LogP contribution is -2.47. The highest BCUT2D eigenvalue weighted by atomic mass is 15.7. The Morgan fingerprint density at radius 1 is 0.568 bits per heavy atom. The molecule has 0 spiro atoms. The first kappa shape index (κ1) is 32.4. The molecular weight excluding hydrogens is 548 g/mol. The van der Waals surface area contributed by atoms with Gasteiger partial charge in [0.05, 0.1) is 22.8 Å². The van der Waals surface area contributed by atoms with Gasteiger partial charge in [-0.2, -0.15) is 11.1 Å².